The van der Waals surface area contributed by atoms with Gasteiger partial charge in [-0.05, 0) is 42.8 Å². The minimum atomic E-state index is -0.478. The summed E-state index contributed by atoms with van der Waals surface area (Å²) in [6, 6.07) is 12.7. The molecule has 4 rings (SSSR count). The molecule has 10 heteroatoms. The number of rotatable bonds is 7. The highest BCUT2D eigenvalue weighted by atomic mass is 32.2. The number of methoxy groups -OCH3 is 1. The Labute approximate surface area is 187 Å². The number of hydrogen-bond donors (Lipinski definition) is 1. The highest BCUT2D eigenvalue weighted by Gasteiger charge is 2.22. The molecule has 1 N–H and O–H groups in total. The number of hydrogen-bond acceptors (Lipinski definition) is 6. The fourth-order valence-electron chi connectivity index (χ4n) is 3.12. The molecule has 2 aromatic heterocycles. The van der Waals surface area contributed by atoms with Crippen LogP contribution in [0.15, 0.2) is 70.9 Å². The minimum absolute atomic E-state index is 0.145. The summed E-state index contributed by atoms with van der Waals surface area (Å²) < 4.78 is 21.3. The van der Waals surface area contributed by atoms with E-state index in [9.17, 15) is 14.0 Å². The van der Waals surface area contributed by atoms with E-state index in [0.717, 1.165) is 0 Å². The first-order chi connectivity index (χ1) is 15.5. The molecule has 2 aromatic carbocycles. The summed E-state index contributed by atoms with van der Waals surface area (Å²) in [7, 11) is 1.56. The van der Waals surface area contributed by atoms with E-state index in [1.807, 2.05) is 6.92 Å². The number of benzene rings is 2. The van der Waals surface area contributed by atoms with E-state index in [0.29, 0.717) is 28.7 Å². The third-order valence-corrected chi connectivity index (χ3v) is 6.11. The van der Waals surface area contributed by atoms with Crippen molar-refractivity contribution >= 4 is 29.0 Å². The summed E-state index contributed by atoms with van der Waals surface area (Å²) in [5, 5.41) is 10.9. The van der Waals surface area contributed by atoms with Crippen molar-refractivity contribution in [2.45, 2.75) is 23.8 Å². The number of halogens is 1. The molecular weight excluding hydrogens is 433 g/mol. The number of ether oxygens (including phenoxy) is 1. The Hall–Kier alpha value is -3.66. The molecule has 1 atom stereocenters. The summed E-state index contributed by atoms with van der Waals surface area (Å²) >= 11 is 1.21. The summed E-state index contributed by atoms with van der Waals surface area (Å²) in [6.45, 7) is 1.88. The van der Waals surface area contributed by atoms with Crippen LogP contribution in [0.4, 0.5) is 10.1 Å². The number of thioether (sulfide) groups is 1. The molecule has 0 fully saturated rings. The maximum absolute atomic E-state index is 13.1. The zero-order chi connectivity index (χ0) is 22.7. The summed E-state index contributed by atoms with van der Waals surface area (Å²) in [5.41, 5.74) is 0.942. The van der Waals surface area contributed by atoms with Gasteiger partial charge in [-0.1, -0.05) is 24.8 Å². The second-order valence-corrected chi connectivity index (χ2v) is 8.03. The average Bonchev–Trinajstić information content (AvgIpc) is 3.22. The number of amides is 1. The summed E-state index contributed by atoms with van der Waals surface area (Å²) in [5.74, 6) is 0.00877. The Bertz CT molecular complexity index is 1320. The number of carbonyl (C=O) groups excluding carboxylic acids is 1. The van der Waals surface area contributed by atoms with Gasteiger partial charge in [-0.25, -0.2) is 4.39 Å². The van der Waals surface area contributed by atoms with E-state index < -0.39 is 5.25 Å². The van der Waals surface area contributed by atoms with E-state index in [2.05, 4.69) is 15.5 Å². The van der Waals surface area contributed by atoms with Crippen molar-refractivity contribution in [2.75, 3.05) is 12.4 Å². The molecule has 0 radical (unpaired) electrons. The number of anilines is 1. The van der Waals surface area contributed by atoms with Crippen molar-refractivity contribution in [3.63, 3.8) is 0 Å². The van der Waals surface area contributed by atoms with Crippen LogP contribution in [0.25, 0.3) is 11.3 Å². The van der Waals surface area contributed by atoms with E-state index in [1.165, 1.54) is 40.6 Å². The average molecular weight is 453 g/mol. The fourth-order valence-corrected chi connectivity index (χ4v) is 4.05. The van der Waals surface area contributed by atoms with Crippen LogP contribution in [0.5, 0.6) is 5.75 Å². The van der Waals surface area contributed by atoms with Gasteiger partial charge < -0.3 is 10.1 Å². The topological polar surface area (TPSA) is 90.5 Å². The summed E-state index contributed by atoms with van der Waals surface area (Å²) in [4.78, 5) is 25.7. The highest BCUT2D eigenvalue weighted by molar-refractivity contribution is 8.00. The van der Waals surface area contributed by atoms with Crippen LogP contribution >= 0.6 is 11.8 Å². The van der Waals surface area contributed by atoms with Gasteiger partial charge in [0.15, 0.2) is 5.16 Å². The molecule has 0 aliphatic rings. The van der Waals surface area contributed by atoms with Gasteiger partial charge in [-0.2, -0.15) is 0 Å². The van der Waals surface area contributed by atoms with Crippen molar-refractivity contribution < 1.29 is 13.9 Å². The van der Waals surface area contributed by atoms with Gasteiger partial charge in [0.25, 0.3) is 0 Å². The van der Waals surface area contributed by atoms with Crippen LogP contribution < -0.4 is 15.6 Å². The standard InChI is InChI=1S/C22H20FN5O3S/c1-3-18(20(29)24-15-9-7-14(23)8-10-15)32-22-26-25-19-21(30)27(11-12-28(19)22)16-5-4-6-17(13-16)31-2/h4-13,18H,3H2,1-2H3,(H,24,29)/t18-/m0/s1. The van der Waals surface area contributed by atoms with Gasteiger partial charge in [0.1, 0.15) is 11.6 Å². The molecule has 0 aliphatic heterocycles. The molecule has 0 saturated carbocycles. The lowest BCUT2D eigenvalue weighted by molar-refractivity contribution is -0.115. The Morgan fingerprint density at radius 2 is 1.97 bits per heavy atom. The normalized spacial score (nSPS) is 12.0. The van der Waals surface area contributed by atoms with Crippen molar-refractivity contribution in [1.82, 2.24) is 19.2 Å². The third-order valence-electron chi connectivity index (χ3n) is 4.79. The van der Waals surface area contributed by atoms with Crippen molar-refractivity contribution in [3.8, 4) is 11.4 Å². The number of nitrogens with zero attached hydrogens (tertiary/aromatic N) is 4. The Kier molecular flexibility index (Phi) is 6.22. The van der Waals surface area contributed by atoms with E-state index >= 15 is 0 Å². The first kappa shape index (κ1) is 21.6. The summed E-state index contributed by atoms with van der Waals surface area (Å²) in [6.07, 6.45) is 3.83. The number of aromatic nitrogens is 4. The fraction of sp³-hybridized carbons (Fsp3) is 0.182. The van der Waals surface area contributed by atoms with Gasteiger partial charge in [0, 0.05) is 24.1 Å². The molecule has 8 nitrogen and oxygen atoms in total. The molecule has 1 amide bonds. The largest absolute Gasteiger partial charge is 0.497 e. The Morgan fingerprint density at radius 1 is 1.19 bits per heavy atom. The third kappa shape index (κ3) is 4.35. The highest BCUT2D eigenvalue weighted by Crippen LogP contribution is 2.25. The first-order valence-corrected chi connectivity index (χ1v) is 10.7. The van der Waals surface area contributed by atoms with Crippen LogP contribution in [0, 0.1) is 5.82 Å². The predicted molar refractivity (Wildman–Crippen MR) is 120 cm³/mol. The molecule has 4 aromatic rings. The molecule has 32 heavy (non-hydrogen) atoms. The maximum atomic E-state index is 13.1. The van der Waals surface area contributed by atoms with Crippen molar-refractivity contribution in [2.24, 2.45) is 0 Å². The monoisotopic (exact) mass is 453 g/mol. The number of fused-ring (bicyclic) bond motifs is 1. The molecule has 0 aliphatic carbocycles. The second-order valence-electron chi connectivity index (χ2n) is 6.86. The molecule has 0 unspecified atom stereocenters. The van der Waals surface area contributed by atoms with Crippen LogP contribution in [-0.4, -0.2) is 37.4 Å². The van der Waals surface area contributed by atoms with Gasteiger partial charge >= 0.3 is 5.56 Å². The van der Waals surface area contributed by atoms with Crippen LogP contribution in [0.2, 0.25) is 0 Å². The lowest BCUT2D eigenvalue weighted by Crippen LogP contribution is -2.25. The maximum Gasteiger partial charge on any atom is 0.300 e. The van der Waals surface area contributed by atoms with Crippen molar-refractivity contribution in [3.05, 3.63) is 77.1 Å². The SMILES string of the molecule is CC[C@H](Sc1nnc2c(=O)n(-c3cccc(OC)c3)ccn12)C(=O)Nc1ccc(F)cc1. The lowest BCUT2D eigenvalue weighted by atomic mass is 10.2. The Balaban J connectivity index is 1.59. The molecular formula is C22H20FN5O3S. The van der Waals surface area contributed by atoms with Gasteiger partial charge in [-0.15, -0.1) is 10.2 Å². The van der Waals surface area contributed by atoms with E-state index in [-0.39, 0.29) is 22.9 Å². The second kappa shape index (κ2) is 9.23. The molecule has 2 heterocycles. The lowest BCUT2D eigenvalue weighted by Gasteiger charge is -2.14. The van der Waals surface area contributed by atoms with E-state index in [4.69, 9.17) is 4.74 Å². The predicted octanol–water partition coefficient (Wildman–Crippen LogP) is 3.54. The number of carbonyl (C=O) groups is 1. The van der Waals surface area contributed by atoms with Crippen LogP contribution in [-0.2, 0) is 4.79 Å². The molecule has 164 valence electrons. The van der Waals surface area contributed by atoms with Crippen molar-refractivity contribution in [1.29, 1.82) is 0 Å². The van der Waals surface area contributed by atoms with E-state index in [1.54, 1.807) is 48.2 Å². The smallest absolute Gasteiger partial charge is 0.300 e. The van der Waals surface area contributed by atoms with Gasteiger partial charge in [-0.3, -0.25) is 18.6 Å². The molecule has 0 spiro atoms. The Morgan fingerprint density at radius 3 is 2.69 bits per heavy atom. The zero-order valence-corrected chi connectivity index (χ0v) is 18.2. The van der Waals surface area contributed by atoms with Gasteiger partial charge in [0.05, 0.1) is 18.0 Å². The molecule has 0 saturated heterocycles. The first-order valence-electron chi connectivity index (χ1n) is 9.84. The van der Waals surface area contributed by atoms with Crippen LogP contribution in [0.3, 0.4) is 0 Å². The van der Waals surface area contributed by atoms with Gasteiger partial charge in [0.2, 0.25) is 11.6 Å². The zero-order valence-electron chi connectivity index (χ0n) is 17.4. The number of nitrogens with one attached hydrogen (secondary N) is 1. The minimum Gasteiger partial charge on any atom is -0.497 e. The molecule has 0 bridgehead atoms. The van der Waals surface area contributed by atoms with Crippen LogP contribution in [0.1, 0.15) is 13.3 Å². The quantitative estimate of drug-likeness (QED) is 0.431.